The summed E-state index contributed by atoms with van der Waals surface area (Å²) in [5.41, 5.74) is -1.65. The van der Waals surface area contributed by atoms with Gasteiger partial charge in [-0.15, -0.1) is 6.58 Å². The average Bonchev–Trinajstić information content (AvgIpc) is 3.51. The number of hydrogen-bond acceptors (Lipinski definition) is 6. The Balaban J connectivity index is 1.86. The van der Waals surface area contributed by atoms with E-state index in [0.717, 1.165) is 0 Å². The predicted octanol–water partition coefficient (Wildman–Crippen LogP) is 3.51. The number of likely N-dealkylation sites (tertiary alicyclic amines) is 1. The zero-order valence-corrected chi connectivity index (χ0v) is 22.2. The molecule has 1 aromatic rings. The molecule has 4 rings (SSSR count). The number of hydrogen-bond donors (Lipinski definition) is 1. The third kappa shape index (κ3) is 4.10. The molecule has 3 aliphatic rings. The zero-order valence-electron chi connectivity index (χ0n) is 21.4. The Labute approximate surface area is 222 Å². The second-order valence-corrected chi connectivity index (χ2v) is 10.3. The monoisotopic (exact) mass is 530 g/mol. The standard InChI is InChI=1S/C28H35ClN2O6/c1-5-15-30(20-12-10-9-11-19(20)29)25(34)23-28-14-13-27(8-4,37-28)22(26(35)36-16-6-2)21(28)24(33)31(23)18(7-3)17-32/h5-6,9-12,18,21-23,32H,1-2,7-8,13-17H2,3-4H3/t18-,21-,22-,23?,27+,28?/m0/s1. The van der Waals surface area contributed by atoms with Crippen molar-refractivity contribution in [2.45, 2.75) is 62.8 Å². The molecule has 0 aliphatic carbocycles. The van der Waals surface area contributed by atoms with Crippen LogP contribution < -0.4 is 4.90 Å². The third-order valence-electron chi connectivity index (χ3n) is 8.25. The smallest absolute Gasteiger partial charge is 0.313 e. The number of fused-ring (bicyclic) bond motifs is 1. The quantitative estimate of drug-likeness (QED) is 0.347. The number of nitrogens with zero attached hydrogens (tertiary/aromatic N) is 2. The summed E-state index contributed by atoms with van der Waals surface area (Å²) in [6.45, 7) is 11.0. The zero-order chi connectivity index (χ0) is 27.0. The molecular weight excluding hydrogens is 496 g/mol. The number of aliphatic hydroxyl groups excluding tert-OH is 1. The SMILES string of the molecule is C=CCOC(=O)[C@@H]1[C@H]2C(=O)N([C@@H](CC)CO)C(C(=O)N(CC=C)c3ccccc3Cl)C23CC[C@@]1(CC)O3. The Kier molecular flexibility index (Phi) is 7.83. The van der Waals surface area contributed by atoms with Gasteiger partial charge in [-0.1, -0.05) is 56.3 Å². The van der Waals surface area contributed by atoms with Crippen LogP contribution in [0.2, 0.25) is 5.02 Å². The van der Waals surface area contributed by atoms with Gasteiger partial charge in [0, 0.05) is 6.54 Å². The number of halogens is 1. The summed E-state index contributed by atoms with van der Waals surface area (Å²) in [7, 11) is 0. The highest BCUT2D eigenvalue weighted by molar-refractivity contribution is 6.34. The largest absolute Gasteiger partial charge is 0.461 e. The van der Waals surface area contributed by atoms with E-state index >= 15 is 0 Å². The molecule has 6 atom stereocenters. The molecule has 2 bridgehead atoms. The molecule has 0 radical (unpaired) electrons. The van der Waals surface area contributed by atoms with Gasteiger partial charge in [0.05, 0.1) is 34.9 Å². The number of carbonyl (C=O) groups excluding carboxylic acids is 3. The summed E-state index contributed by atoms with van der Waals surface area (Å²) in [6.07, 6.45) is 4.93. The van der Waals surface area contributed by atoms with Gasteiger partial charge in [0.25, 0.3) is 5.91 Å². The number of benzene rings is 1. The van der Waals surface area contributed by atoms with E-state index in [1.54, 1.807) is 30.3 Å². The normalized spacial score (nSPS) is 30.6. The molecular formula is C28H35ClN2O6. The first-order chi connectivity index (χ1) is 17.8. The minimum atomic E-state index is -1.23. The molecule has 0 saturated carbocycles. The Morgan fingerprint density at radius 3 is 2.62 bits per heavy atom. The van der Waals surface area contributed by atoms with E-state index in [1.807, 2.05) is 13.8 Å². The molecule has 3 fully saturated rings. The van der Waals surface area contributed by atoms with Crippen LogP contribution in [0.4, 0.5) is 5.69 Å². The number of rotatable bonds is 11. The first-order valence-electron chi connectivity index (χ1n) is 12.8. The molecule has 37 heavy (non-hydrogen) atoms. The van der Waals surface area contributed by atoms with Gasteiger partial charge in [0.2, 0.25) is 5.91 Å². The van der Waals surface area contributed by atoms with Crippen molar-refractivity contribution < 1.29 is 29.0 Å². The van der Waals surface area contributed by atoms with Gasteiger partial charge in [-0.3, -0.25) is 14.4 Å². The summed E-state index contributed by atoms with van der Waals surface area (Å²) in [5, 5.41) is 10.6. The summed E-state index contributed by atoms with van der Waals surface area (Å²) >= 11 is 6.48. The fourth-order valence-electron chi connectivity index (χ4n) is 6.59. The molecule has 3 heterocycles. The second kappa shape index (κ2) is 10.6. The second-order valence-electron chi connectivity index (χ2n) is 9.93. The molecule has 1 N–H and O–H groups in total. The van der Waals surface area contributed by atoms with Gasteiger partial charge < -0.3 is 24.4 Å². The van der Waals surface area contributed by atoms with Crippen molar-refractivity contribution in [1.29, 1.82) is 0 Å². The summed E-state index contributed by atoms with van der Waals surface area (Å²) in [4.78, 5) is 44.9. The number of esters is 1. The molecule has 2 amide bonds. The van der Waals surface area contributed by atoms with Crippen LogP contribution in [0.1, 0.15) is 39.5 Å². The van der Waals surface area contributed by atoms with Crippen LogP contribution in [-0.2, 0) is 23.9 Å². The molecule has 1 aromatic carbocycles. The number of amides is 2. The fourth-order valence-corrected chi connectivity index (χ4v) is 6.82. The first kappa shape index (κ1) is 27.4. The van der Waals surface area contributed by atoms with Crippen molar-refractivity contribution in [3.05, 3.63) is 54.6 Å². The van der Waals surface area contributed by atoms with E-state index in [9.17, 15) is 19.5 Å². The van der Waals surface area contributed by atoms with E-state index in [4.69, 9.17) is 21.1 Å². The molecule has 0 aromatic heterocycles. The maximum Gasteiger partial charge on any atom is 0.313 e. The first-order valence-corrected chi connectivity index (χ1v) is 13.2. The minimum absolute atomic E-state index is 0.0168. The van der Waals surface area contributed by atoms with Crippen LogP contribution in [0, 0.1) is 11.8 Å². The fraction of sp³-hybridized carbons (Fsp3) is 0.536. The summed E-state index contributed by atoms with van der Waals surface area (Å²) in [6, 6.07) is 5.30. The average molecular weight is 531 g/mol. The van der Waals surface area contributed by atoms with Crippen LogP contribution in [0.25, 0.3) is 0 Å². The number of para-hydroxylation sites is 1. The Morgan fingerprint density at radius 1 is 1.30 bits per heavy atom. The highest BCUT2D eigenvalue weighted by Crippen LogP contribution is 2.65. The highest BCUT2D eigenvalue weighted by Gasteiger charge is 2.79. The Bertz CT molecular complexity index is 1090. The van der Waals surface area contributed by atoms with Gasteiger partial charge in [0.15, 0.2) is 0 Å². The van der Waals surface area contributed by atoms with Crippen molar-refractivity contribution in [3.8, 4) is 0 Å². The Hall–Kier alpha value is -2.68. The van der Waals surface area contributed by atoms with E-state index < -0.39 is 41.1 Å². The molecule has 9 heteroatoms. The number of ether oxygens (including phenoxy) is 2. The van der Waals surface area contributed by atoms with Crippen molar-refractivity contribution in [1.82, 2.24) is 4.90 Å². The molecule has 2 unspecified atom stereocenters. The lowest BCUT2D eigenvalue weighted by Gasteiger charge is -2.39. The minimum Gasteiger partial charge on any atom is -0.461 e. The van der Waals surface area contributed by atoms with Crippen molar-refractivity contribution in [3.63, 3.8) is 0 Å². The van der Waals surface area contributed by atoms with Crippen molar-refractivity contribution in [2.24, 2.45) is 11.8 Å². The van der Waals surface area contributed by atoms with Gasteiger partial charge in [-0.25, -0.2) is 0 Å². The molecule has 8 nitrogen and oxygen atoms in total. The molecule has 3 aliphatic heterocycles. The van der Waals surface area contributed by atoms with E-state index in [1.165, 1.54) is 15.9 Å². The van der Waals surface area contributed by atoms with Gasteiger partial charge in [-0.2, -0.15) is 0 Å². The van der Waals surface area contributed by atoms with Crippen LogP contribution in [0.5, 0.6) is 0 Å². The lowest BCUT2D eigenvalue weighted by Crippen LogP contribution is -2.59. The van der Waals surface area contributed by atoms with Gasteiger partial charge in [0.1, 0.15) is 24.2 Å². The van der Waals surface area contributed by atoms with Crippen LogP contribution in [0.3, 0.4) is 0 Å². The maximum absolute atomic E-state index is 14.5. The Morgan fingerprint density at radius 2 is 2.03 bits per heavy atom. The maximum atomic E-state index is 14.5. The number of anilines is 1. The lowest BCUT2D eigenvalue weighted by atomic mass is 9.65. The topological polar surface area (TPSA) is 96.4 Å². The van der Waals surface area contributed by atoms with Crippen LogP contribution >= 0.6 is 11.6 Å². The molecule has 200 valence electrons. The highest BCUT2D eigenvalue weighted by atomic mass is 35.5. The van der Waals surface area contributed by atoms with Gasteiger partial charge in [-0.05, 0) is 37.8 Å². The van der Waals surface area contributed by atoms with E-state index in [0.29, 0.717) is 36.4 Å². The lowest BCUT2D eigenvalue weighted by molar-refractivity contribution is -0.161. The number of carbonyl (C=O) groups is 3. The molecule has 3 saturated heterocycles. The predicted molar refractivity (Wildman–Crippen MR) is 140 cm³/mol. The summed E-state index contributed by atoms with van der Waals surface area (Å²) in [5.74, 6) is -3.04. The van der Waals surface area contributed by atoms with Crippen molar-refractivity contribution in [2.75, 3.05) is 24.7 Å². The van der Waals surface area contributed by atoms with Crippen molar-refractivity contribution >= 4 is 35.1 Å². The van der Waals surface area contributed by atoms with Gasteiger partial charge >= 0.3 is 5.97 Å². The summed E-state index contributed by atoms with van der Waals surface area (Å²) < 4.78 is 12.2. The van der Waals surface area contributed by atoms with Crippen LogP contribution in [-0.4, -0.2) is 70.8 Å². The molecule has 1 spiro atoms. The number of aliphatic hydroxyl groups is 1. The van der Waals surface area contributed by atoms with E-state index in [2.05, 4.69) is 13.2 Å². The third-order valence-corrected chi connectivity index (χ3v) is 8.57. The van der Waals surface area contributed by atoms with E-state index in [-0.39, 0.29) is 31.6 Å². The van der Waals surface area contributed by atoms with Crippen LogP contribution in [0.15, 0.2) is 49.6 Å².